The molecule has 6 heteroatoms. The van der Waals surface area contributed by atoms with E-state index in [1.807, 2.05) is 0 Å². The number of nitro benzene ring substituents is 1. The van der Waals surface area contributed by atoms with Crippen LogP contribution in [0.1, 0.15) is 11.3 Å². The SMILES string of the molecule is COc1cc(/C=C/c2ccccc2[N+](=O)[O-])oc(=O)c1. The van der Waals surface area contributed by atoms with Crippen molar-refractivity contribution >= 4 is 17.8 Å². The zero-order valence-electron chi connectivity index (χ0n) is 10.6. The summed E-state index contributed by atoms with van der Waals surface area (Å²) in [6.45, 7) is 0. The van der Waals surface area contributed by atoms with E-state index in [0.29, 0.717) is 11.3 Å². The van der Waals surface area contributed by atoms with Gasteiger partial charge in [0.2, 0.25) is 0 Å². The second kappa shape index (κ2) is 5.83. The van der Waals surface area contributed by atoms with E-state index in [9.17, 15) is 14.9 Å². The molecule has 0 bridgehead atoms. The highest BCUT2D eigenvalue weighted by Crippen LogP contribution is 2.20. The van der Waals surface area contributed by atoms with Crippen LogP contribution in [0, 0.1) is 10.1 Å². The molecular formula is C14H11NO5. The van der Waals surface area contributed by atoms with Crippen LogP contribution in [0.15, 0.2) is 45.6 Å². The summed E-state index contributed by atoms with van der Waals surface area (Å²) >= 11 is 0. The van der Waals surface area contributed by atoms with Crippen LogP contribution >= 0.6 is 0 Å². The Kier molecular flexibility index (Phi) is 3.95. The largest absolute Gasteiger partial charge is 0.496 e. The molecule has 0 radical (unpaired) electrons. The molecule has 0 atom stereocenters. The molecule has 1 heterocycles. The number of nitrogens with zero attached hydrogens (tertiary/aromatic N) is 1. The highest BCUT2D eigenvalue weighted by molar-refractivity contribution is 5.72. The maximum absolute atomic E-state index is 11.3. The Bertz CT molecular complexity index is 717. The number of ether oxygens (including phenoxy) is 1. The lowest BCUT2D eigenvalue weighted by Gasteiger charge is -1.99. The lowest BCUT2D eigenvalue weighted by atomic mass is 10.1. The topological polar surface area (TPSA) is 82.6 Å². The highest BCUT2D eigenvalue weighted by Gasteiger charge is 2.09. The van der Waals surface area contributed by atoms with E-state index in [0.717, 1.165) is 0 Å². The molecule has 102 valence electrons. The highest BCUT2D eigenvalue weighted by atomic mass is 16.6. The first-order chi connectivity index (χ1) is 9.60. The monoisotopic (exact) mass is 273 g/mol. The van der Waals surface area contributed by atoms with Crippen LogP contribution in [-0.4, -0.2) is 12.0 Å². The van der Waals surface area contributed by atoms with Gasteiger partial charge in [-0.05, 0) is 18.2 Å². The molecule has 0 N–H and O–H groups in total. The molecule has 0 unspecified atom stereocenters. The predicted octanol–water partition coefficient (Wildman–Crippen LogP) is 2.73. The molecule has 0 aliphatic heterocycles. The molecule has 0 saturated heterocycles. The van der Waals surface area contributed by atoms with Crippen molar-refractivity contribution in [1.29, 1.82) is 0 Å². The molecule has 1 aromatic carbocycles. The number of methoxy groups -OCH3 is 1. The summed E-state index contributed by atoms with van der Waals surface area (Å²) in [5.41, 5.74) is -0.150. The quantitative estimate of drug-likeness (QED) is 0.631. The Morgan fingerprint density at radius 3 is 2.70 bits per heavy atom. The Balaban J connectivity index is 2.37. The van der Waals surface area contributed by atoms with Gasteiger partial charge < -0.3 is 9.15 Å². The summed E-state index contributed by atoms with van der Waals surface area (Å²) in [5, 5.41) is 10.9. The zero-order valence-corrected chi connectivity index (χ0v) is 10.6. The molecule has 20 heavy (non-hydrogen) atoms. The first-order valence-corrected chi connectivity index (χ1v) is 5.71. The molecule has 0 aliphatic rings. The van der Waals surface area contributed by atoms with E-state index in [2.05, 4.69) is 0 Å². The van der Waals surface area contributed by atoms with Gasteiger partial charge in [-0.15, -0.1) is 0 Å². The summed E-state index contributed by atoms with van der Waals surface area (Å²) in [6, 6.07) is 9.01. The second-order valence-electron chi connectivity index (χ2n) is 3.87. The van der Waals surface area contributed by atoms with Crippen LogP contribution in [0.4, 0.5) is 5.69 Å². The lowest BCUT2D eigenvalue weighted by molar-refractivity contribution is -0.385. The van der Waals surface area contributed by atoms with Gasteiger partial charge in [-0.2, -0.15) is 0 Å². The molecular weight excluding hydrogens is 262 g/mol. The molecule has 0 saturated carbocycles. The van der Waals surface area contributed by atoms with Crippen molar-refractivity contribution in [1.82, 2.24) is 0 Å². The smallest absolute Gasteiger partial charge is 0.339 e. The van der Waals surface area contributed by atoms with Gasteiger partial charge in [0.1, 0.15) is 11.5 Å². The van der Waals surface area contributed by atoms with E-state index >= 15 is 0 Å². The van der Waals surface area contributed by atoms with Gasteiger partial charge in [0.05, 0.1) is 23.7 Å². The minimum atomic E-state index is -0.549. The van der Waals surface area contributed by atoms with Crippen molar-refractivity contribution in [3.05, 3.63) is 68.3 Å². The van der Waals surface area contributed by atoms with Crippen LogP contribution in [0.2, 0.25) is 0 Å². The minimum absolute atomic E-state index is 0.0195. The molecule has 0 spiro atoms. The van der Waals surface area contributed by atoms with E-state index in [-0.39, 0.29) is 11.4 Å². The van der Waals surface area contributed by atoms with Gasteiger partial charge in [-0.3, -0.25) is 10.1 Å². The summed E-state index contributed by atoms with van der Waals surface area (Å²) in [6.07, 6.45) is 2.99. The van der Waals surface area contributed by atoms with Crippen molar-refractivity contribution in [2.24, 2.45) is 0 Å². The lowest BCUT2D eigenvalue weighted by Crippen LogP contribution is -1.98. The van der Waals surface area contributed by atoms with E-state index in [1.165, 1.54) is 37.5 Å². The average molecular weight is 273 g/mol. The van der Waals surface area contributed by atoms with Crippen molar-refractivity contribution in [2.45, 2.75) is 0 Å². The Hall–Kier alpha value is -2.89. The third kappa shape index (κ3) is 3.11. The van der Waals surface area contributed by atoms with Gasteiger partial charge in [0.15, 0.2) is 0 Å². The van der Waals surface area contributed by atoms with Gasteiger partial charge in [-0.25, -0.2) is 4.79 Å². The van der Waals surface area contributed by atoms with Crippen LogP contribution in [0.25, 0.3) is 12.2 Å². The van der Waals surface area contributed by atoms with Crippen LogP contribution in [0.3, 0.4) is 0 Å². The van der Waals surface area contributed by atoms with Gasteiger partial charge >= 0.3 is 5.63 Å². The molecule has 6 nitrogen and oxygen atoms in total. The first kappa shape index (κ1) is 13.5. The molecule has 0 aliphatic carbocycles. The fraction of sp³-hybridized carbons (Fsp3) is 0.0714. The van der Waals surface area contributed by atoms with Crippen LogP contribution in [-0.2, 0) is 0 Å². The maximum Gasteiger partial charge on any atom is 0.339 e. The number of para-hydroxylation sites is 1. The van der Waals surface area contributed by atoms with Crippen molar-refractivity contribution in [3.8, 4) is 5.75 Å². The van der Waals surface area contributed by atoms with Crippen LogP contribution in [0.5, 0.6) is 5.75 Å². The number of nitro groups is 1. The zero-order chi connectivity index (χ0) is 14.5. The molecule has 2 aromatic rings. The molecule has 0 amide bonds. The van der Waals surface area contributed by atoms with Crippen molar-refractivity contribution in [3.63, 3.8) is 0 Å². The Morgan fingerprint density at radius 2 is 2.00 bits per heavy atom. The first-order valence-electron chi connectivity index (χ1n) is 5.71. The van der Waals surface area contributed by atoms with Gasteiger partial charge in [-0.1, -0.05) is 12.1 Å². The van der Waals surface area contributed by atoms with Gasteiger partial charge in [0, 0.05) is 12.1 Å². The fourth-order valence-corrected chi connectivity index (χ4v) is 1.64. The van der Waals surface area contributed by atoms with Crippen LogP contribution < -0.4 is 10.4 Å². The Labute approximate surface area is 114 Å². The summed E-state index contributed by atoms with van der Waals surface area (Å²) < 4.78 is 9.90. The minimum Gasteiger partial charge on any atom is -0.496 e. The number of rotatable bonds is 4. The summed E-state index contributed by atoms with van der Waals surface area (Å²) in [5.74, 6) is 0.621. The molecule has 0 fully saturated rings. The predicted molar refractivity (Wildman–Crippen MR) is 73.6 cm³/mol. The van der Waals surface area contributed by atoms with E-state index in [4.69, 9.17) is 9.15 Å². The van der Waals surface area contributed by atoms with Crippen molar-refractivity contribution < 1.29 is 14.1 Å². The molecule has 1 aromatic heterocycles. The Morgan fingerprint density at radius 1 is 1.25 bits per heavy atom. The third-order valence-electron chi connectivity index (χ3n) is 2.56. The maximum atomic E-state index is 11.3. The number of benzene rings is 1. The van der Waals surface area contributed by atoms with Crippen molar-refractivity contribution in [2.75, 3.05) is 7.11 Å². The molecule has 2 rings (SSSR count). The standard InChI is InChI=1S/C14H11NO5/c1-19-12-8-11(20-14(16)9-12)7-6-10-4-2-3-5-13(10)15(17)18/h2-9H,1H3/b7-6+. The second-order valence-corrected chi connectivity index (χ2v) is 3.87. The normalized spacial score (nSPS) is 10.7. The van der Waals surface area contributed by atoms with E-state index in [1.54, 1.807) is 18.2 Å². The number of hydrogen-bond donors (Lipinski definition) is 0. The third-order valence-corrected chi connectivity index (χ3v) is 2.56. The number of hydrogen-bond acceptors (Lipinski definition) is 5. The average Bonchev–Trinajstić information content (AvgIpc) is 2.44. The summed E-state index contributed by atoms with van der Waals surface area (Å²) in [4.78, 5) is 21.7. The van der Waals surface area contributed by atoms with E-state index < -0.39 is 10.5 Å². The van der Waals surface area contributed by atoms with Gasteiger partial charge in [0.25, 0.3) is 5.69 Å². The summed E-state index contributed by atoms with van der Waals surface area (Å²) in [7, 11) is 1.43. The fourth-order valence-electron chi connectivity index (χ4n) is 1.64.